The van der Waals surface area contributed by atoms with Gasteiger partial charge in [0.2, 0.25) is 0 Å². The van der Waals surface area contributed by atoms with Gasteiger partial charge in [-0.25, -0.2) is 4.98 Å². The Morgan fingerprint density at radius 2 is 1.70 bits per heavy atom. The molecule has 0 spiro atoms. The van der Waals surface area contributed by atoms with Crippen LogP contribution < -0.4 is 5.46 Å². The van der Waals surface area contributed by atoms with Crippen molar-refractivity contribution in [3.8, 4) is 11.1 Å². The molecule has 7 nitrogen and oxygen atoms in total. The Morgan fingerprint density at radius 3 is 2.27 bits per heavy atom. The predicted octanol–water partition coefficient (Wildman–Crippen LogP) is 5.02. The highest BCUT2D eigenvalue weighted by Crippen LogP contribution is 2.37. The quantitative estimate of drug-likeness (QED) is 0.308. The number of nitrogens with zero attached hydrogens (tertiary/aromatic N) is 3. The maximum atomic E-state index is 12.4. The fraction of sp³-hybridized carbons (Fsp3) is 0.500. The highest BCUT2D eigenvalue weighted by molar-refractivity contribution is 6.76. The number of ether oxygens (including phenoxy) is 1. The second-order valence-corrected chi connectivity index (χ2v) is 18.0. The summed E-state index contributed by atoms with van der Waals surface area (Å²) in [6, 6.07) is 10.9. The number of benzene rings is 1. The second kappa shape index (κ2) is 10.0. The molecule has 0 bridgehead atoms. The zero-order valence-corrected chi connectivity index (χ0v) is 24.7. The molecule has 2 aromatic heterocycles. The molecule has 37 heavy (non-hydrogen) atoms. The number of aromatic nitrogens is 2. The summed E-state index contributed by atoms with van der Waals surface area (Å²) < 4.78 is 20.7. The molecule has 0 saturated carbocycles. The van der Waals surface area contributed by atoms with E-state index < -0.39 is 26.4 Å². The highest BCUT2D eigenvalue weighted by Gasteiger charge is 2.51. The number of rotatable bonds is 8. The smallest absolute Gasteiger partial charge is 0.399 e. The van der Waals surface area contributed by atoms with Crippen LogP contribution in [0.2, 0.25) is 25.7 Å². The number of hydrogen-bond acceptors (Lipinski definition) is 5. The van der Waals surface area contributed by atoms with Gasteiger partial charge in [0, 0.05) is 63.1 Å². The molecular formula is C28H40BN3O4Si. The van der Waals surface area contributed by atoms with Crippen LogP contribution in [0.3, 0.4) is 0 Å². The lowest BCUT2D eigenvalue weighted by Gasteiger charge is -2.32. The van der Waals surface area contributed by atoms with Crippen molar-refractivity contribution < 1.29 is 18.8 Å². The number of amides is 1. The Morgan fingerprint density at radius 1 is 1.08 bits per heavy atom. The number of carbonyl (C=O) groups is 1. The molecule has 1 aromatic carbocycles. The standard InChI is InChI=1S/C28H40BN3O4Si/c1-27(2)28(3,4)36-29(35-27)22-16-23-24(20-10-12-21(13-11-20)26(33)31(5)6)18-32(25(23)30-17-22)19-34-14-15-37(7,8)9/h10-13,16-18H,14-15,19H2,1-9H3. The maximum absolute atomic E-state index is 12.4. The van der Waals surface area contributed by atoms with Crippen LogP contribution in [0.4, 0.5) is 0 Å². The minimum Gasteiger partial charge on any atom is -0.399 e. The molecule has 0 N–H and O–H groups in total. The van der Waals surface area contributed by atoms with Crippen LogP contribution in [0.15, 0.2) is 42.7 Å². The average molecular weight is 522 g/mol. The Balaban J connectivity index is 1.71. The first-order valence-electron chi connectivity index (χ1n) is 12.9. The topological polar surface area (TPSA) is 65.8 Å². The molecule has 1 aliphatic rings. The van der Waals surface area contributed by atoms with Crippen molar-refractivity contribution in [1.29, 1.82) is 0 Å². The Hall–Kier alpha value is -2.46. The first-order chi connectivity index (χ1) is 17.2. The van der Waals surface area contributed by atoms with E-state index in [4.69, 9.17) is 19.0 Å². The van der Waals surface area contributed by atoms with E-state index in [2.05, 4.69) is 64.2 Å². The van der Waals surface area contributed by atoms with E-state index in [9.17, 15) is 4.79 Å². The second-order valence-electron chi connectivity index (χ2n) is 12.4. The summed E-state index contributed by atoms with van der Waals surface area (Å²) in [7, 11) is 1.85. The van der Waals surface area contributed by atoms with Crippen LogP contribution >= 0.6 is 0 Å². The molecule has 9 heteroatoms. The summed E-state index contributed by atoms with van der Waals surface area (Å²) in [5.41, 5.74) is 3.55. The van der Waals surface area contributed by atoms with Crippen molar-refractivity contribution in [2.45, 2.75) is 71.3 Å². The van der Waals surface area contributed by atoms with Crippen molar-refractivity contribution in [2.24, 2.45) is 0 Å². The van der Waals surface area contributed by atoms with E-state index >= 15 is 0 Å². The third kappa shape index (κ3) is 5.85. The summed E-state index contributed by atoms with van der Waals surface area (Å²) in [5.74, 6) is -0.0190. The Labute approximate surface area is 222 Å². The van der Waals surface area contributed by atoms with Crippen LogP contribution in [0.25, 0.3) is 22.2 Å². The van der Waals surface area contributed by atoms with Gasteiger partial charge in [0.1, 0.15) is 12.4 Å². The summed E-state index contributed by atoms with van der Waals surface area (Å²) in [4.78, 5) is 18.8. The first-order valence-corrected chi connectivity index (χ1v) is 16.6. The molecule has 1 aliphatic heterocycles. The molecule has 1 fully saturated rings. The van der Waals surface area contributed by atoms with Crippen LogP contribution in [-0.4, -0.2) is 67.5 Å². The fourth-order valence-corrected chi connectivity index (χ4v) is 4.97. The zero-order valence-electron chi connectivity index (χ0n) is 23.7. The van der Waals surface area contributed by atoms with Crippen LogP contribution in [0, 0.1) is 0 Å². The van der Waals surface area contributed by atoms with E-state index in [1.165, 1.54) is 0 Å². The van der Waals surface area contributed by atoms with Crippen LogP contribution in [-0.2, 0) is 20.8 Å². The Bertz CT molecular complexity index is 1260. The van der Waals surface area contributed by atoms with E-state index in [0.29, 0.717) is 12.3 Å². The van der Waals surface area contributed by atoms with Gasteiger partial charge in [0.25, 0.3) is 5.91 Å². The van der Waals surface area contributed by atoms with Crippen molar-refractivity contribution in [1.82, 2.24) is 14.5 Å². The lowest BCUT2D eigenvalue weighted by molar-refractivity contribution is 0.00578. The number of pyridine rings is 1. The average Bonchev–Trinajstić information content (AvgIpc) is 3.28. The fourth-order valence-electron chi connectivity index (χ4n) is 4.22. The number of hydrogen-bond donors (Lipinski definition) is 0. The third-order valence-electron chi connectivity index (χ3n) is 7.34. The maximum Gasteiger partial charge on any atom is 0.496 e. The van der Waals surface area contributed by atoms with Crippen molar-refractivity contribution in [3.05, 3.63) is 48.3 Å². The largest absolute Gasteiger partial charge is 0.496 e. The van der Waals surface area contributed by atoms with Gasteiger partial charge in [0.05, 0.1) is 11.2 Å². The molecule has 0 radical (unpaired) electrons. The van der Waals surface area contributed by atoms with Crippen LogP contribution in [0.5, 0.6) is 0 Å². The molecule has 4 rings (SSSR count). The van der Waals surface area contributed by atoms with E-state index in [1.807, 2.05) is 30.5 Å². The van der Waals surface area contributed by atoms with Crippen LogP contribution in [0.1, 0.15) is 38.1 Å². The summed E-state index contributed by atoms with van der Waals surface area (Å²) in [5, 5.41) is 0.993. The van der Waals surface area contributed by atoms with Gasteiger partial charge in [0.15, 0.2) is 0 Å². The minimum absolute atomic E-state index is 0.0190. The minimum atomic E-state index is -1.17. The van der Waals surface area contributed by atoms with Crippen molar-refractivity contribution in [3.63, 3.8) is 0 Å². The van der Waals surface area contributed by atoms with Crippen molar-refractivity contribution in [2.75, 3.05) is 20.7 Å². The predicted molar refractivity (Wildman–Crippen MR) is 153 cm³/mol. The normalized spacial score (nSPS) is 16.9. The SMILES string of the molecule is CN(C)C(=O)c1ccc(-c2cn(COCC[Si](C)(C)C)c3ncc(B4OC(C)(C)C(C)(C)O4)cc23)cc1. The van der Waals surface area contributed by atoms with Gasteiger partial charge in [-0.2, -0.15) is 0 Å². The molecule has 198 valence electrons. The molecule has 1 saturated heterocycles. The van der Waals surface area contributed by atoms with Gasteiger partial charge in [-0.05, 0) is 57.5 Å². The Kier molecular flexibility index (Phi) is 7.47. The van der Waals surface area contributed by atoms with Gasteiger partial charge >= 0.3 is 7.12 Å². The monoisotopic (exact) mass is 521 g/mol. The molecule has 0 unspecified atom stereocenters. The first kappa shape index (κ1) is 27.6. The number of carbonyl (C=O) groups excluding carboxylic acids is 1. The van der Waals surface area contributed by atoms with Crippen molar-refractivity contribution >= 4 is 37.6 Å². The zero-order chi connectivity index (χ0) is 27.2. The van der Waals surface area contributed by atoms with Gasteiger partial charge < -0.3 is 23.5 Å². The van der Waals surface area contributed by atoms with E-state index in [-0.39, 0.29) is 5.91 Å². The molecule has 1 amide bonds. The van der Waals surface area contributed by atoms with E-state index in [1.54, 1.807) is 19.0 Å². The molecule has 0 atom stereocenters. The molecule has 3 aromatic rings. The highest BCUT2D eigenvalue weighted by atomic mass is 28.3. The van der Waals surface area contributed by atoms with Gasteiger partial charge in [-0.3, -0.25) is 4.79 Å². The van der Waals surface area contributed by atoms with Gasteiger partial charge in [-0.15, -0.1) is 0 Å². The third-order valence-corrected chi connectivity index (χ3v) is 9.04. The lowest BCUT2D eigenvalue weighted by atomic mass is 9.79. The summed E-state index contributed by atoms with van der Waals surface area (Å²) in [6.07, 6.45) is 3.93. The molecule has 0 aliphatic carbocycles. The lowest BCUT2D eigenvalue weighted by Crippen LogP contribution is -2.41. The summed E-state index contributed by atoms with van der Waals surface area (Å²) >= 11 is 0. The van der Waals surface area contributed by atoms with E-state index in [0.717, 1.165) is 40.3 Å². The summed E-state index contributed by atoms with van der Waals surface area (Å²) in [6.45, 7) is 16.4. The van der Waals surface area contributed by atoms with Gasteiger partial charge in [-0.1, -0.05) is 31.8 Å². The molecular weight excluding hydrogens is 481 g/mol. The number of fused-ring (bicyclic) bond motifs is 1. The molecule has 3 heterocycles.